The molecular formula is C20H22O. The van der Waals surface area contributed by atoms with Gasteiger partial charge in [-0.1, -0.05) is 79.4 Å². The van der Waals surface area contributed by atoms with Gasteiger partial charge in [-0.3, -0.25) is 0 Å². The number of allylic oxidation sites excluding steroid dienone is 2. The maximum Gasteiger partial charge on any atom is 0.0471 e. The van der Waals surface area contributed by atoms with E-state index in [4.69, 9.17) is 4.74 Å². The third-order valence-corrected chi connectivity index (χ3v) is 3.55. The molecule has 1 atom stereocenters. The van der Waals surface area contributed by atoms with E-state index >= 15 is 0 Å². The zero-order valence-electron chi connectivity index (χ0n) is 12.5. The summed E-state index contributed by atoms with van der Waals surface area (Å²) < 4.78 is 5.24. The Morgan fingerprint density at radius 3 is 2.29 bits per heavy atom. The minimum Gasteiger partial charge on any atom is -0.385 e. The zero-order chi connectivity index (χ0) is 14.9. The summed E-state index contributed by atoms with van der Waals surface area (Å²) >= 11 is 0. The van der Waals surface area contributed by atoms with Gasteiger partial charge in [0.2, 0.25) is 0 Å². The quantitative estimate of drug-likeness (QED) is 0.687. The number of hydrogen-bond acceptors (Lipinski definition) is 1. The number of benzene rings is 2. The molecule has 0 heterocycles. The summed E-state index contributed by atoms with van der Waals surface area (Å²) in [6, 6.07) is 20.7. The molecule has 0 amide bonds. The Morgan fingerprint density at radius 2 is 1.67 bits per heavy atom. The first-order valence-corrected chi connectivity index (χ1v) is 7.27. The highest BCUT2D eigenvalue weighted by molar-refractivity contribution is 5.68. The summed E-state index contributed by atoms with van der Waals surface area (Å²) in [5.41, 5.74) is 3.54. The van der Waals surface area contributed by atoms with Crippen LogP contribution in [-0.4, -0.2) is 13.7 Å². The maximum absolute atomic E-state index is 5.24. The highest BCUT2D eigenvalue weighted by Crippen LogP contribution is 2.26. The first-order chi connectivity index (χ1) is 10.3. The van der Waals surface area contributed by atoms with Gasteiger partial charge in [0.25, 0.3) is 0 Å². The molecule has 2 aromatic rings. The lowest BCUT2D eigenvalue weighted by molar-refractivity contribution is 0.190. The van der Waals surface area contributed by atoms with E-state index in [0.29, 0.717) is 0 Å². The normalized spacial score (nSPS) is 12.4. The summed E-state index contributed by atoms with van der Waals surface area (Å²) in [4.78, 5) is 0. The fourth-order valence-electron chi connectivity index (χ4n) is 2.29. The Labute approximate surface area is 127 Å². The van der Waals surface area contributed by atoms with E-state index in [1.165, 1.54) is 11.1 Å². The highest BCUT2D eigenvalue weighted by atomic mass is 16.5. The molecule has 0 fully saturated rings. The molecule has 21 heavy (non-hydrogen) atoms. The van der Waals surface area contributed by atoms with Gasteiger partial charge in [0.1, 0.15) is 0 Å². The second-order valence-electron chi connectivity index (χ2n) is 5.05. The Balaban J connectivity index is 2.14. The van der Waals surface area contributed by atoms with Gasteiger partial charge in [0.15, 0.2) is 0 Å². The Kier molecular flexibility index (Phi) is 5.99. The van der Waals surface area contributed by atoms with E-state index in [9.17, 15) is 0 Å². The van der Waals surface area contributed by atoms with Crippen molar-refractivity contribution in [2.75, 3.05) is 13.7 Å². The fourth-order valence-corrected chi connectivity index (χ4v) is 2.29. The van der Waals surface area contributed by atoms with E-state index in [1.807, 2.05) is 12.1 Å². The molecule has 2 aromatic carbocycles. The number of methoxy groups -OCH3 is 1. The van der Waals surface area contributed by atoms with Crippen molar-refractivity contribution in [2.24, 2.45) is 5.92 Å². The van der Waals surface area contributed by atoms with Gasteiger partial charge < -0.3 is 4.74 Å². The second kappa shape index (κ2) is 8.23. The molecular weight excluding hydrogens is 256 g/mol. The summed E-state index contributed by atoms with van der Waals surface area (Å²) in [5, 5.41) is 0. The van der Waals surface area contributed by atoms with E-state index < -0.39 is 0 Å². The van der Waals surface area contributed by atoms with Crippen LogP contribution in [0.1, 0.15) is 17.5 Å². The maximum atomic E-state index is 5.24. The van der Waals surface area contributed by atoms with Crippen molar-refractivity contribution in [3.8, 4) is 0 Å². The minimum absolute atomic E-state index is 0.285. The molecule has 108 valence electrons. The third-order valence-electron chi connectivity index (χ3n) is 3.55. The van der Waals surface area contributed by atoms with Crippen LogP contribution >= 0.6 is 0 Å². The molecule has 0 aliphatic heterocycles. The van der Waals surface area contributed by atoms with Crippen molar-refractivity contribution in [1.29, 1.82) is 0 Å². The van der Waals surface area contributed by atoms with Crippen molar-refractivity contribution in [1.82, 2.24) is 0 Å². The molecule has 0 saturated heterocycles. The molecule has 0 radical (unpaired) electrons. The van der Waals surface area contributed by atoms with Crippen molar-refractivity contribution in [2.45, 2.75) is 6.42 Å². The molecule has 2 rings (SSSR count). The van der Waals surface area contributed by atoms with Crippen LogP contribution in [0.2, 0.25) is 0 Å². The SMILES string of the molecule is C=C(c1ccccc1)C(/C=C/c1ccccc1)CCOC. The van der Waals surface area contributed by atoms with Crippen LogP contribution in [0.15, 0.2) is 73.3 Å². The summed E-state index contributed by atoms with van der Waals surface area (Å²) in [7, 11) is 1.74. The molecule has 1 unspecified atom stereocenters. The molecule has 0 bridgehead atoms. The predicted octanol–water partition coefficient (Wildman–Crippen LogP) is 5.07. The van der Waals surface area contributed by atoms with Crippen molar-refractivity contribution < 1.29 is 4.74 Å². The number of hydrogen-bond donors (Lipinski definition) is 0. The summed E-state index contributed by atoms with van der Waals surface area (Å²) in [5.74, 6) is 0.285. The molecule has 0 aliphatic rings. The summed E-state index contributed by atoms with van der Waals surface area (Å²) in [6.45, 7) is 5.02. The smallest absolute Gasteiger partial charge is 0.0471 e. The van der Waals surface area contributed by atoms with Crippen LogP contribution in [-0.2, 0) is 4.74 Å². The minimum atomic E-state index is 0.285. The summed E-state index contributed by atoms with van der Waals surface area (Å²) in [6.07, 6.45) is 5.33. The first-order valence-electron chi connectivity index (χ1n) is 7.27. The topological polar surface area (TPSA) is 9.23 Å². The average molecular weight is 278 g/mol. The van der Waals surface area contributed by atoms with Crippen LogP contribution in [0.4, 0.5) is 0 Å². The molecule has 0 aliphatic carbocycles. The van der Waals surface area contributed by atoms with Gasteiger partial charge in [0, 0.05) is 19.6 Å². The van der Waals surface area contributed by atoms with E-state index in [2.05, 4.69) is 67.3 Å². The largest absolute Gasteiger partial charge is 0.385 e. The fraction of sp³-hybridized carbons (Fsp3) is 0.200. The van der Waals surface area contributed by atoms with Gasteiger partial charge in [0.05, 0.1) is 0 Å². The molecule has 0 spiro atoms. The van der Waals surface area contributed by atoms with Gasteiger partial charge in [-0.25, -0.2) is 0 Å². The van der Waals surface area contributed by atoms with Gasteiger partial charge in [-0.2, -0.15) is 0 Å². The molecule has 0 aromatic heterocycles. The van der Waals surface area contributed by atoms with Crippen LogP contribution in [0.5, 0.6) is 0 Å². The van der Waals surface area contributed by atoms with Gasteiger partial charge in [-0.05, 0) is 23.1 Å². The van der Waals surface area contributed by atoms with Crippen LogP contribution < -0.4 is 0 Å². The monoisotopic (exact) mass is 278 g/mol. The lowest BCUT2D eigenvalue weighted by Gasteiger charge is -2.16. The van der Waals surface area contributed by atoms with E-state index in [1.54, 1.807) is 7.11 Å². The van der Waals surface area contributed by atoms with Crippen LogP contribution in [0.25, 0.3) is 11.6 Å². The average Bonchev–Trinajstić information content (AvgIpc) is 2.56. The Morgan fingerprint density at radius 1 is 1.05 bits per heavy atom. The molecule has 1 nitrogen and oxygen atoms in total. The van der Waals surface area contributed by atoms with Crippen molar-refractivity contribution >= 4 is 11.6 Å². The molecule has 1 heteroatoms. The highest BCUT2D eigenvalue weighted by Gasteiger charge is 2.10. The van der Waals surface area contributed by atoms with Crippen LogP contribution in [0, 0.1) is 5.92 Å². The zero-order valence-corrected chi connectivity index (χ0v) is 12.5. The standard InChI is InChI=1S/C20H22O/c1-17(19-11-7-4-8-12-19)20(15-16-21-2)14-13-18-9-5-3-6-10-18/h3-14,20H,1,15-16H2,2H3/b14-13+. The second-order valence-corrected chi connectivity index (χ2v) is 5.05. The number of ether oxygens (including phenoxy) is 1. The lowest BCUT2D eigenvalue weighted by atomic mass is 9.90. The van der Waals surface area contributed by atoms with E-state index in [-0.39, 0.29) is 5.92 Å². The van der Waals surface area contributed by atoms with Gasteiger partial charge in [-0.15, -0.1) is 0 Å². The van der Waals surface area contributed by atoms with Crippen molar-refractivity contribution in [3.05, 3.63) is 84.4 Å². The Hall–Kier alpha value is -2.12. The molecule has 0 N–H and O–H groups in total. The lowest BCUT2D eigenvalue weighted by Crippen LogP contribution is -2.03. The molecule has 0 saturated carbocycles. The van der Waals surface area contributed by atoms with Crippen LogP contribution in [0.3, 0.4) is 0 Å². The van der Waals surface area contributed by atoms with Gasteiger partial charge >= 0.3 is 0 Å². The van der Waals surface area contributed by atoms with Crippen molar-refractivity contribution in [3.63, 3.8) is 0 Å². The third kappa shape index (κ3) is 4.73. The first kappa shape index (κ1) is 15.3. The van der Waals surface area contributed by atoms with E-state index in [0.717, 1.165) is 18.6 Å². The number of rotatable bonds is 7. The predicted molar refractivity (Wildman–Crippen MR) is 90.9 cm³/mol. The Bertz CT molecular complexity index is 569.